The van der Waals surface area contributed by atoms with E-state index < -0.39 is 10.8 Å². The van der Waals surface area contributed by atoms with Crippen molar-refractivity contribution in [3.63, 3.8) is 0 Å². The Hall–Kier alpha value is -2.66. The van der Waals surface area contributed by atoms with Crippen LogP contribution in [0.15, 0.2) is 60.7 Å². The van der Waals surface area contributed by atoms with E-state index in [2.05, 4.69) is 28.6 Å². The van der Waals surface area contributed by atoms with Gasteiger partial charge in [-0.05, 0) is 18.1 Å². The summed E-state index contributed by atoms with van der Waals surface area (Å²) in [4.78, 5) is 20.0. The fourth-order valence-corrected chi connectivity index (χ4v) is 4.84. The lowest BCUT2D eigenvalue weighted by Crippen LogP contribution is -2.60. The van der Waals surface area contributed by atoms with Gasteiger partial charge in [0, 0.05) is 25.7 Å². The first-order valence-electron chi connectivity index (χ1n) is 9.10. The summed E-state index contributed by atoms with van der Waals surface area (Å²) in [6, 6.07) is 16.0. The summed E-state index contributed by atoms with van der Waals surface area (Å²) in [5, 5.41) is 0. The number of pyridine rings is 1. The third kappa shape index (κ3) is 2.49. The number of hydrogen-bond acceptors (Lipinski definition) is 5. The van der Waals surface area contributed by atoms with Crippen molar-refractivity contribution < 1.29 is 14.3 Å². The fourth-order valence-electron chi connectivity index (χ4n) is 4.84. The molecular formula is C22H24N2O3. The van der Waals surface area contributed by atoms with Crippen molar-refractivity contribution in [2.24, 2.45) is 5.41 Å². The van der Waals surface area contributed by atoms with Gasteiger partial charge in [0.2, 0.25) is 5.88 Å². The predicted molar refractivity (Wildman–Crippen MR) is 102 cm³/mol. The smallest absolute Gasteiger partial charge is 0.318 e. The molecule has 0 radical (unpaired) electrons. The van der Waals surface area contributed by atoms with Gasteiger partial charge in [-0.2, -0.15) is 0 Å². The molecule has 2 aliphatic rings. The molecule has 2 heterocycles. The lowest BCUT2D eigenvalue weighted by molar-refractivity contribution is -0.156. The highest BCUT2D eigenvalue weighted by atomic mass is 16.5. The summed E-state index contributed by atoms with van der Waals surface area (Å²) in [5.41, 5.74) is 1.83. The lowest BCUT2D eigenvalue weighted by Gasteiger charge is -2.53. The average molecular weight is 364 g/mol. The molecule has 1 aliphatic carbocycles. The van der Waals surface area contributed by atoms with Crippen molar-refractivity contribution in [1.82, 2.24) is 9.88 Å². The van der Waals surface area contributed by atoms with E-state index in [0.29, 0.717) is 12.4 Å². The first kappa shape index (κ1) is 17.7. The number of nitrogens with zero attached hydrogens (tertiary/aromatic N) is 2. The van der Waals surface area contributed by atoms with E-state index in [9.17, 15) is 4.79 Å². The van der Waals surface area contributed by atoms with Crippen LogP contribution < -0.4 is 4.74 Å². The maximum absolute atomic E-state index is 13.0. The fraction of sp³-hybridized carbons (Fsp3) is 0.364. The molecule has 0 bridgehead atoms. The zero-order valence-corrected chi connectivity index (χ0v) is 15.8. The summed E-state index contributed by atoms with van der Waals surface area (Å²) >= 11 is 0. The van der Waals surface area contributed by atoms with E-state index in [1.807, 2.05) is 36.4 Å². The largest absolute Gasteiger partial charge is 0.481 e. The van der Waals surface area contributed by atoms with E-state index in [1.165, 1.54) is 12.7 Å². The number of hydrogen-bond donors (Lipinski definition) is 0. The number of likely N-dealkylation sites (tertiary alicyclic amines) is 1. The molecule has 1 aromatic carbocycles. The lowest BCUT2D eigenvalue weighted by atomic mass is 9.47. The SMILES string of the molecule is C=C1CC2(c3cccc(OC)n3)CN(Cc3ccccc3)CC12C(=O)OC. The number of benzene rings is 1. The normalized spacial score (nSPS) is 27.0. The Morgan fingerprint density at radius 1 is 1.15 bits per heavy atom. The highest BCUT2D eigenvalue weighted by molar-refractivity contribution is 5.87. The number of rotatable bonds is 5. The van der Waals surface area contributed by atoms with Crippen molar-refractivity contribution >= 4 is 5.97 Å². The van der Waals surface area contributed by atoms with Crippen LogP contribution in [-0.4, -0.2) is 43.2 Å². The molecule has 1 aliphatic heterocycles. The molecule has 2 unspecified atom stereocenters. The maximum atomic E-state index is 13.0. The highest BCUT2D eigenvalue weighted by Crippen LogP contribution is 2.65. The highest BCUT2D eigenvalue weighted by Gasteiger charge is 2.72. The second kappa shape index (κ2) is 6.50. The molecule has 140 valence electrons. The van der Waals surface area contributed by atoms with Gasteiger partial charge in [0.25, 0.3) is 0 Å². The van der Waals surface area contributed by atoms with Gasteiger partial charge in [0.15, 0.2) is 0 Å². The molecule has 5 nitrogen and oxygen atoms in total. The number of fused-ring (bicyclic) bond motifs is 1. The van der Waals surface area contributed by atoms with Crippen LogP contribution in [0.25, 0.3) is 0 Å². The first-order chi connectivity index (χ1) is 13.1. The maximum Gasteiger partial charge on any atom is 0.318 e. The predicted octanol–water partition coefficient (Wildman–Crippen LogP) is 2.96. The summed E-state index contributed by atoms with van der Waals surface area (Å²) in [5.74, 6) is 0.332. The van der Waals surface area contributed by atoms with Crippen molar-refractivity contribution in [3.05, 3.63) is 71.9 Å². The van der Waals surface area contributed by atoms with E-state index in [0.717, 1.165) is 30.8 Å². The van der Waals surface area contributed by atoms with E-state index in [4.69, 9.17) is 9.47 Å². The number of methoxy groups -OCH3 is 2. The number of ether oxygens (including phenoxy) is 2. The molecule has 0 amide bonds. The van der Waals surface area contributed by atoms with Crippen molar-refractivity contribution in [1.29, 1.82) is 0 Å². The van der Waals surface area contributed by atoms with Crippen LogP contribution in [0.3, 0.4) is 0 Å². The minimum Gasteiger partial charge on any atom is -0.481 e. The third-order valence-corrected chi connectivity index (χ3v) is 6.10. The van der Waals surface area contributed by atoms with Crippen LogP contribution >= 0.6 is 0 Å². The Morgan fingerprint density at radius 2 is 1.93 bits per heavy atom. The zero-order chi connectivity index (χ0) is 19.1. The molecular weight excluding hydrogens is 340 g/mol. The Kier molecular flexibility index (Phi) is 4.27. The van der Waals surface area contributed by atoms with E-state index >= 15 is 0 Å². The van der Waals surface area contributed by atoms with Crippen LogP contribution in [0, 0.1) is 5.41 Å². The van der Waals surface area contributed by atoms with Crippen LogP contribution in [-0.2, 0) is 21.5 Å². The summed E-state index contributed by atoms with van der Waals surface area (Å²) in [6.07, 6.45) is 0.730. The Bertz CT molecular complexity index is 882. The second-order valence-corrected chi connectivity index (χ2v) is 7.46. The monoisotopic (exact) mass is 364 g/mol. The topological polar surface area (TPSA) is 51.7 Å². The summed E-state index contributed by atoms with van der Waals surface area (Å²) in [6.45, 7) is 6.31. The van der Waals surface area contributed by atoms with Crippen molar-refractivity contribution in [3.8, 4) is 5.88 Å². The minimum absolute atomic E-state index is 0.223. The molecule has 2 aromatic rings. The van der Waals surface area contributed by atoms with Crippen LogP contribution in [0.4, 0.5) is 0 Å². The van der Waals surface area contributed by atoms with Gasteiger partial charge in [-0.3, -0.25) is 9.69 Å². The Morgan fingerprint density at radius 3 is 2.59 bits per heavy atom. The second-order valence-electron chi connectivity index (χ2n) is 7.46. The Labute approximate surface area is 159 Å². The van der Waals surface area contributed by atoms with Gasteiger partial charge in [-0.25, -0.2) is 4.98 Å². The standard InChI is InChI=1S/C22H24N2O3/c1-16-12-21(18-10-7-11-19(23-18)26-2)14-24(13-17-8-5-4-6-9-17)15-22(16,21)20(25)27-3/h4-11H,1,12-15H2,2-3H3. The third-order valence-electron chi connectivity index (χ3n) is 6.10. The van der Waals surface area contributed by atoms with Gasteiger partial charge in [-0.1, -0.05) is 48.6 Å². The van der Waals surface area contributed by atoms with E-state index in [1.54, 1.807) is 7.11 Å². The molecule has 1 saturated heterocycles. The summed E-state index contributed by atoms with van der Waals surface area (Å²) in [7, 11) is 3.06. The number of esters is 1. The van der Waals surface area contributed by atoms with Gasteiger partial charge in [0.1, 0.15) is 5.41 Å². The number of aromatic nitrogens is 1. The van der Waals surface area contributed by atoms with Crippen LogP contribution in [0.1, 0.15) is 17.7 Å². The minimum atomic E-state index is -0.754. The van der Waals surface area contributed by atoms with Gasteiger partial charge < -0.3 is 9.47 Å². The molecule has 2 atom stereocenters. The average Bonchev–Trinajstić information content (AvgIpc) is 2.97. The van der Waals surface area contributed by atoms with Gasteiger partial charge in [-0.15, -0.1) is 0 Å². The molecule has 5 heteroatoms. The number of carbonyl (C=O) groups is 1. The van der Waals surface area contributed by atoms with Crippen molar-refractivity contribution in [2.75, 3.05) is 27.3 Å². The quantitative estimate of drug-likeness (QED) is 0.603. The van der Waals surface area contributed by atoms with E-state index in [-0.39, 0.29) is 5.97 Å². The first-order valence-corrected chi connectivity index (χ1v) is 9.10. The molecule has 4 rings (SSSR count). The molecule has 0 N–H and O–H groups in total. The molecule has 1 aromatic heterocycles. The van der Waals surface area contributed by atoms with Crippen LogP contribution in [0.2, 0.25) is 0 Å². The van der Waals surface area contributed by atoms with Crippen molar-refractivity contribution in [2.45, 2.75) is 18.4 Å². The zero-order valence-electron chi connectivity index (χ0n) is 15.8. The molecule has 27 heavy (non-hydrogen) atoms. The van der Waals surface area contributed by atoms with Gasteiger partial charge >= 0.3 is 5.97 Å². The number of carbonyl (C=O) groups excluding carboxylic acids is 1. The van der Waals surface area contributed by atoms with Gasteiger partial charge in [0.05, 0.1) is 25.3 Å². The Balaban J connectivity index is 1.75. The van der Waals surface area contributed by atoms with Crippen LogP contribution in [0.5, 0.6) is 5.88 Å². The summed E-state index contributed by atoms with van der Waals surface area (Å²) < 4.78 is 10.6. The molecule has 1 saturated carbocycles. The molecule has 0 spiro atoms. The molecule has 2 fully saturated rings.